The Labute approximate surface area is 137 Å². The topological polar surface area (TPSA) is 59.5 Å². The van der Waals surface area contributed by atoms with E-state index in [1.165, 1.54) is 18.4 Å². The van der Waals surface area contributed by atoms with Crippen molar-refractivity contribution in [2.45, 2.75) is 19.8 Å². The number of aryl methyl sites for hydroxylation is 1. The lowest BCUT2D eigenvalue weighted by molar-refractivity contribution is -0.140. The molecule has 0 fully saturated rings. The minimum atomic E-state index is -0.255. The van der Waals surface area contributed by atoms with Crippen molar-refractivity contribution < 1.29 is 14.3 Å². The molecule has 2 rings (SSSR count). The summed E-state index contributed by atoms with van der Waals surface area (Å²) >= 11 is 3.02. The average Bonchev–Trinajstić information content (AvgIpc) is 3.15. The summed E-state index contributed by atoms with van der Waals surface area (Å²) in [6.45, 7) is 2.36. The van der Waals surface area contributed by atoms with Crippen molar-refractivity contribution in [2.24, 2.45) is 0 Å². The van der Waals surface area contributed by atoms with Gasteiger partial charge in [-0.3, -0.25) is 9.59 Å². The SMILES string of the molecule is COC(=O)CCCN(C)C(=O)c1sc(-c2cccs2)nc1C. The molecule has 0 aliphatic heterocycles. The lowest BCUT2D eigenvalue weighted by Gasteiger charge is -2.15. The van der Waals surface area contributed by atoms with Crippen molar-refractivity contribution >= 4 is 34.6 Å². The van der Waals surface area contributed by atoms with E-state index in [4.69, 9.17) is 0 Å². The summed E-state index contributed by atoms with van der Waals surface area (Å²) in [5.74, 6) is -0.308. The lowest BCUT2D eigenvalue weighted by Crippen LogP contribution is -2.28. The molecular formula is C15H18N2O3S2. The van der Waals surface area contributed by atoms with Crippen LogP contribution >= 0.6 is 22.7 Å². The zero-order chi connectivity index (χ0) is 16.1. The molecule has 0 aliphatic rings. The predicted octanol–water partition coefficient (Wildman–Crippen LogP) is 3.21. The Hall–Kier alpha value is -1.73. The van der Waals surface area contributed by atoms with Gasteiger partial charge in [0.25, 0.3) is 5.91 Å². The Morgan fingerprint density at radius 1 is 1.41 bits per heavy atom. The second-order valence-electron chi connectivity index (χ2n) is 4.82. The van der Waals surface area contributed by atoms with Crippen LogP contribution in [0.15, 0.2) is 17.5 Å². The highest BCUT2D eigenvalue weighted by Gasteiger charge is 2.20. The number of ether oxygens (including phenoxy) is 1. The maximum absolute atomic E-state index is 12.5. The second-order valence-corrected chi connectivity index (χ2v) is 6.76. The maximum Gasteiger partial charge on any atom is 0.305 e. The molecule has 0 saturated heterocycles. The maximum atomic E-state index is 12.5. The molecule has 2 aromatic heterocycles. The summed E-state index contributed by atoms with van der Waals surface area (Å²) < 4.78 is 4.59. The van der Waals surface area contributed by atoms with Gasteiger partial charge >= 0.3 is 5.97 Å². The highest BCUT2D eigenvalue weighted by atomic mass is 32.1. The van der Waals surface area contributed by atoms with Crippen molar-refractivity contribution in [2.75, 3.05) is 20.7 Å². The minimum Gasteiger partial charge on any atom is -0.469 e. The number of rotatable bonds is 6. The number of thiazole rings is 1. The van der Waals surface area contributed by atoms with Crippen LogP contribution in [0, 0.1) is 6.92 Å². The molecule has 2 heterocycles. The molecular weight excluding hydrogens is 320 g/mol. The summed E-state index contributed by atoms with van der Waals surface area (Å²) in [6.07, 6.45) is 0.904. The van der Waals surface area contributed by atoms with Crippen LogP contribution in [0.4, 0.5) is 0 Å². The molecule has 7 heteroatoms. The molecule has 1 amide bonds. The van der Waals surface area contributed by atoms with Gasteiger partial charge in [-0.15, -0.1) is 22.7 Å². The Morgan fingerprint density at radius 3 is 2.82 bits per heavy atom. The van der Waals surface area contributed by atoms with E-state index in [1.54, 1.807) is 23.3 Å². The van der Waals surface area contributed by atoms with Gasteiger partial charge in [0, 0.05) is 20.0 Å². The molecule has 5 nitrogen and oxygen atoms in total. The highest BCUT2D eigenvalue weighted by molar-refractivity contribution is 7.22. The van der Waals surface area contributed by atoms with E-state index in [1.807, 2.05) is 24.4 Å². The fourth-order valence-electron chi connectivity index (χ4n) is 1.94. The van der Waals surface area contributed by atoms with E-state index in [-0.39, 0.29) is 11.9 Å². The van der Waals surface area contributed by atoms with Crippen molar-refractivity contribution in [3.8, 4) is 9.88 Å². The summed E-state index contributed by atoms with van der Waals surface area (Å²) in [6, 6.07) is 3.97. The van der Waals surface area contributed by atoms with Gasteiger partial charge in [-0.2, -0.15) is 0 Å². The van der Waals surface area contributed by atoms with Crippen LogP contribution in [0.1, 0.15) is 28.2 Å². The van der Waals surface area contributed by atoms with Crippen LogP contribution in [-0.4, -0.2) is 42.5 Å². The van der Waals surface area contributed by atoms with Gasteiger partial charge < -0.3 is 9.64 Å². The van der Waals surface area contributed by atoms with Crippen LogP contribution in [0.25, 0.3) is 9.88 Å². The Bertz CT molecular complexity index is 650. The molecule has 0 aromatic carbocycles. The highest BCUT2D eigenvalue weighted by Crippen LogP contribution is 2.31. The summed E-state index contributed by atoms with van der Waals surface area (Å²) in [7, 11) is 3.10. The fraction of sp³-hybridized carbons (Fsp3) is 0.400. The number of hydrogen-bond acceptors (Lipinski definition) is 6. The van der Waals surface area contributed by atoms with Gasteiger partial charge in [-0.05, 0) is 24.8 Å². The van der Waals surface area contributed by atoms with E-state index in [9.17, 15) is 9.59 Å². The van der Waals surface area contributed by atoms with Crippen LogP contribution < -0.4 is 0 Å². The Morgan fingerprint density at radius 2 is 2.18 bits per heavy atom. The molecule has 0 unspecified atom stereocenters. The quantitative estimate of drug-likeness (QED) is 0.759. The van der Waals surface area contributed by atoms with Crippen LogP contribution in [0.2, 0.25) is 0 Å². The first kappa shape index (κ1) is 16.6. The van der Waals surface area contributed by atoms with Gasteiger partial charge in [-0.1, -0.05) is 6.07 Å². The minimum absolute atomic E-state index is 0.0531. The Kier molecular flexibility index (Phi) is 5.68. The first-order chi connectivity index (χ1) is 10.5. The van der Waals surface area contributed by atoms with Crippen LogP contribution in [0.3, 0.4) is 0 Å². The van der Waals surface area contributed by atoms with Gasteiger partial charge in [0.05, 0.1) is 17.7 Å². The molecule has 0 bridgehead atoms. The standard InChI is InChI=1S/C15H18N2O3S2/c1-10-13(22-14(16-10)11-6-5-9-21-11)15(19)17(2)8-4-7-12(18)20-3/h5-6,9H,4,7-8H2,1-3H3. The van der Waals surface area contributed by atoms with Crippen molar-refractivity contribution in [1.82, 2.24) is 9.88 Å². The first-order valence-electron chi connectivity index (χ1n) is 6.86. The normalized spacial score (nSPS) is 10.5. The number of aromatic nitrogens is 1. The third-order valence-corrected chi connectivity index (χ3v) is 5.36. The van der Waals surface area contributed by atoms with E-state index < -0.39 is 0 Å². The molecule has 2 aromatic rings. The lowest BCUT2D eigenvalue weighted by atomic mass is 10.3. The van der Waals surface area contributed by atoms with E-state index in [2.05, 4.69) is 9.72 Å². The van der Waals surface area contributed by atoms with Crippen LogP contribution in [0.5, 0.6) is 0 Å². The van der Waals surface area contributed by atoms with Gasteiger partial charge in [0.15, 0.2) is 0 Å². The number of methoxy groups -OCH3 is 1. The van der Waals surface area contributed by atoms with E-state index >= 15 is 0 Å². The van der Waals surface area contributed by atoms with Crippen molar-refractivity contribution in [3.05, 3.63) is 28.1 Å². The monoisotopic (exact) mass is 338 g/mol. The van der Waals surface area contributed by atoms with Gasteiger partial charge in [-0.25, -0.2) is 4.98 Å². The molecule has 0 spiro atoms. The third kappa shape index (κ3) is 3.92. The number of esters is 1. The Balaban J connectivity index is 2.01. The van der Waals surface area contributed by atoms with E-state index in [0.717, 1.165) is 15.6 Å². The molecule has 0 atom stereocenters. The molecule has 22 heavy (non-hydrogen) atoms. The molecule has 0 N–H and O–H groups in total. The zero-order valence-corrected chi connectivity index (χ0v) is 14.4. The summed E-state index contributed by atoms with van der Waals surface area (Å²) in [5, 5.41) is 2.87. The fourth-order valence-corrected chi connectivity index (χ4v) is 3.80. The van der Waals surface area contributed by atoms with Crippen molar-refractivity contribution in [3.63, 3.8) is 0 Å². The number of carbonyl (C=O) groups excluding carboxylic acids is 2. The largest absolute Gasteiger partial charge is 0.469 e. The second kappa shape index (κ2) is 7.51. The number of amides is 1. The molecule has 0 radical (unpaired) electrons. The predicted molar refractivity (Wildman–Crippen MR) is 88.4 cm³/mol. The number of carbonyl (C=O) groups is 2. The summed E-state index contributed by atoms with van der Waals surface area (Å²) in [5.41, 5.74) is 0.748. The molecule has 118 valence electrons. The third-order valence-electron chi connectivity index (χ3n) is 3.17. The molecule has 0 aliphatic carbocycles. The first-order valence-corrected chi connectivity index (χ1v) is 8.56. The number of thiophene rings is 1. The van der Waals surface area contributed by atoms with Gasteiger partial charge in [0.2, 0.25) is 0 Å². The van der Waals surface area contributed by atoms with E-state index in [0.29, 0.717) is 24.3 Å². The summed E-state index contributed by atoms with van der Waals surface area (Å²) in [4.78, 5) is 31.4. The molecule has 0 saturated carbocycles. The number of nitrogens with zero attached hydrogens (tertiary/aromatic N) is 2. The average molecular weight is 338 g/mol. The van der Waals surface area contributed by atoms with Crippen molar-refractivity contribution in [1.29, 1.82) is 0 Å². The van der Waals surface area contributed by atoms with Gasteiger partial charge in [0.1, 0.15) is 9.88 Å². The zero-order valence-electron chi connectivity index (χ0n) is 12.8. The smallest absolute Gasteiger partial charge is 0.305 e. The number of hydrogen-bond donors (Lipinski definition) is 0. The van der Waals surface area contributed by atoms with Crippen LogP contribution in [-0.2, 0) is 9.53 Å².